The number of carbonyl (C=O) groups is 1. The van der Waals surface area contributed by atoms with Crippen molar-refractivity contribution in [3.05, 3.63) is 47.4 Å². The molecule has 4 rings (SSSR count). The summed E-state index contributed by atoms with van der Waals surface area (Å²) in [4.78, 5) is 17.3. The molecule has 2 saturated carbocycles. The molecule has 1 amide bonds. The lowest BCUT2D eigenvalue weighted by Crippen LogP contribution is -2.45. The first kappa shape index (κ1) is 16.3. The Balaban J connectivity index is 1.59. The normalized spacial score (nSPS) is 27.6. The number of pyridine rings is 1. The predicted octanol–water partition coefficient (Wildman–Crippen LogP) is 2.63. The minimum absolute atomic E-state index is 0.0359. The molecule has 0 spiro atoms. The first-order valence-corrected chi connectivity index (χ1v) is 9.12. The molecule has 5 nitrogen and oxygen atoms in total. The standard InChI is InChI=1S/C20H25N3O2/c1-12-9-16(13(2)23(12)18-5-3-4-8-21-18)20(25)22-19-15-7-6-14(10-15)17(19)11-24/h3-5,8-9,14-15,17,19,24H,6-7,10-11H2,1-2H3,(H,22,25). The summed E-state index contributed by atoms with van der Waals surface area (Å²) in [6.45, 7) is 4.12. The molecule has 5 heteroatoms. The molecular weight excluding hydrogens is 314 g/mol. The number of fused-ring (bicyclic) bond motifs is 2. The van der Waals surface area contributed by atoms with Gasteiger partial charge in [0, 0.05) is 36.2 Å². The fraction of sp³-hybridized carbons (Fsp3) is 0.500. The molecule has 2 aromatic rings. The SMILES string of the molecule is Cc1cc(C(=O)NC2C3CCC(C3)C2CO)c(C)n1-c1ccccn1. The average Bonchev–Trinajstić information content (AvgIpc) is 3.29. The summed E-state index contributed by atoms with van der Waals surface area (Å²) in [5.74, 6) is 2.09. The van der Waals surface area contributed by atoms with Gasteiger partial charge in [0.05, 0.1) is 5.56 Å². The zero-order chi connectivity index (χ0) is 17.6. The number of nitrogens with zero attached hydrogens (tertiary/aromatic N) is 2. The van der Waals surface area contributed by atoms with Gasteiger partial charge in [0.25, 0.3) is 5.91 Å². The maximum Gasteiger partial charge on any atom is 0.253 e. The number of hydrogen-bond donors (Lipinski definition) is 2. The molecule has 25 heavy (non-hydrogen) atoms. The van der Waals surface area contributed by atoms with E-state index in [4.69, 9.17) is 0 Å². The Labute approximate surface area is 148 Å². The van der Waals surface area contributed by atoms with Gasteiger partial charge >= 0.3 is 0 Å². The first-order chi connectivity index (χ1) is 12.1. The Morgan fingerprint density at radius 3 is 2.84 bits per heavy atom. The Morgan fingerprint density at radius 1 is 1.32 bits per heavy atom. The lowest BCUT2D eigenvalue weighted by atomic mass is 9.85. The van der Waals surface area contributed by atoms with E-state index in [1.54, 1.807) is 6.20 Å². The molecule has 2 bridgehead atoms. The Kier molecular flexibility index (Phi) is 4.12. The molecular formula is C20H25N3O2. The van der Waals surface area contributed by atoms with Gasteiger partial charge in [0.1, 0.15) is 5.82 Å². The van der Waals surface area contributed by atoms with E-state index in [9.17, 15) is 9.90 Å². The molecule has 2 aliphatic rings. The van der Waals surface area contributed by atoms with Gasteiger partial charge in [-0.2, -0.15) is 0 Å². The third-order valence-corrected chi connectivity index (χ3v) is 6.15. The fourth-order valence-electron chi connectivity index (χ4n) is 4.96. The lowest BCUT2D eigenvalue weighted by molar-refractivity contribution is 0.0861. The van der Waals surface area contributed by atoms with Crippen LogP contribution in [0, 0.1) is 31.6 Å². The molecule has 2 heterocycles. The van der Waals surface area contributed by atoms with Crippen molar-refractivity contribution in [1.82, 2.24) is 14.9 Å². The van der Waals surface area contributed by atoms with Crippen LogP contribution >= 0.6 is 0 Å². The van der Waals surface area contributed by atoms with Gasteiger partial charge in [-0.25, -0.2) is 4.98 Å². The van der Waals surface area contributed by atoms with Crippen LogP contribution in [0.3, 0.4) is 0 Å². The van der Waals surface area contributed by atoms with E-state index in [0.717, 1.165) is 23.6 Å². The van der Waals surface area contributed by atoms with Crippen LogP contribution in [0.15, 0.2) is 30.5 Å². The topological polar surface area (TPSA) is 67.2 Å². The van der Waals surface area contributed by atoms with E-state index >= 15 is 0 Å². The molecule has 0 aromatic carbocycles. The number of hydrogen-bond acceptors (Lipinski definition) is 3. The second-order valence-corrected chi connectivity index (χ2v) is 7.49. The number of aliphatic hydroxyl groups excluding tert-OH is 1. The minimum Gasteiger partial charge on any atom is -0.396 e. The molecule has 0 radical (unpaired) electrons. The van der Waals surface area contributed by atoms with Crippen LogP contribution < -0.4 is 5.32 Å². The van der Waals surface area contributed by atoms with Crippen LogP contribution in [0.4, 0.5) is 0 Å². The van der Waals surface area contributed by atoms with Gasteiger partial charge in [-0.05, 0) is 63.1 Å². The number of aromatic nitrogens is 2. The van der Waals surface area contributed by atoms with E-state index < -0.39 is 0 Å². The van der Waals surface area contributed by atoms with Crippen molar-refractivity contribution in [3.8, 4) is 5.82 Å². The highest BCUT2D eigenvalue weighted by atomic mass is 16.3. The highest BCUT2D eigenvalue weighted by Crippen LogP contribution is 2.48. The number of nitrogens with one attached hydrogen (secondary N) is 1. The van der Waals surface area contributed by atoms with Crippen LogP contribution in [0.5, 0.6) is 0 Å². The van der Waals surface area contributed by atoms with Crippen LogP contribution in [0.25, 0.3) is 5.82 Å². The largest absolute Gasteiger partial charge is 0.396 e. The summed E-state index contributed by atoms with van der Waals surface area (Å²) in [5.41, 5.74) is 2.59. The first-order valence-electron chi connectivity index (χ1n) is 9.12. The van der Waals surface area contributed by atoms with E-state index in [2.05, 4.69) is 10.3 Å². The number of aliphatic hydroxyl groups is 1. The monoisotopic (exact) mass is 339 g/mol. The Morgan fingerprint density at radius 2 is 2.12 bits per heavy atom. The van der Waals surface area contributed by atoms with Crippen molar-refractivity contribution in [1.29, 1.82) is 0 Å². The highest BCUT2D eigenvalue weighted by Gasteiger charge is 2.47. The summed E-state index contributed by atoms with van der Waals surface area (Å²) in [7, 11) is 0. The summed E-state index contributed by atoms with van der Waals surface area (Å²) >= 11 is 0. The smallest absolute Gasteiger partial charge is 0.253 e. The second-order valence-electron chi connectivity index (χ2n) is 7.49. The molecule has 4 atom stereocenters. The molecule has 2 fully saturated rings. The number of aryl methyl sites for hydroxylation is 1. The van der Waals surface area contributed by atoms with Crippen LogP contribution in [0.2, 0.25) is 0 Å². The molecule has 0 saturated heterocycles. The Hall–Kier alpha value is -2.14. The Bertz CT molecular complexity index is 784. The van der Waals surface area contributed by atoms with Crippen LogP contribution in [-0.2, 0) is 0 Å². The van der Waals surface area contributed by atoms with Crippen LogP contribution in [-0.4, -0.2) is 33.2 Å². The molecule has 2 aliphatic carbocycles. The molecule has 2 N–H and O–H groups in total. The van der Waals surface area contributed by atoms with Gasteiger partial charge in [0.2, 0.25) is 0 Å². The van der Waals surface area contributed by atoms with E-state index in [0.29, 0.717) is 17.4 Å². The van der Waals surface area contributed by atoms with Crippen molar-refractivity contribution in [2.45, 2.75) is 39.2 Å². The molecule has 4 unspecified atom stereocenters. The predicted molar refractivity (Wildman–Crippen MR) is 95.7 cm³/mol. The van der Waals surface area contributed by atoms with Gasteiger partial charge < -0.3 is 15.0 Å². The third kappa shape index (κ3) is 2.67. The maximum atomic E-state index is 12.9. The summed E-state index contributed by atoms with van der Waals surface area (Å²) in [6.07, 6.45) is 5.26. The van der Waals surface area contributed by atoms with Gasteiger partial charge in [0.15, 0.2) is 0 Å². The summed E-state index contributed by atoms with van der Waals surface area (Å²) in [6, 6.07) is 7.81. The highest BCUT2D eigenvalue weighted by molar-refractivity contribution is 5.96. The molecule has 2 aromatic heterocycles. The van der Waals surface area contributed by atoms with Crippen molar-refractivity contribution >= 4 is 5.91 Å². The summed E-state index contributed by atoms with van der Waals surface area (Å²) in [5, 5.41) is 13.0. The third-order valence-electron chi connectivity index (χ3n) is 6.15. The van der Waals surface area contributed by atoms with Crippen LogP contribution in [0.1, 0.15) is 41.0 Å². The lowest BCUT2D eigenvalue weighted by Gasteiger charge is -2.30. The zero-order valence-corrected chi connectivity index (χ0v) is 14.8. The molecule has 0 aliphatic heterocycles. The minimum atomic E-state index is -0.0359. The van der Waals surface area contributed by atoms with E-state index in [1.165, 1.54) is 12.8 Å². The van der Waals surface area contributed by atoms with Gasteiger partial charge in [-0.3, -0.25) is 4.79 Å². The van der Waals surface area contributed by atoms with E-state index in [-0.39, 0.29) is 24.5 Å². The van der Waals surface area contributed by atoms with E-state index in [1.807, 2.05) is 42.7 Å². The molecule has 132 valence electrons. The fourth-order valence-corrected chi connectivity index (χ4v) is 4.96. The van der Waals surface area contributed by atoms with Crippen molar-refractivity contribution in [2.24, 2.45) is 17.8 Å². The van der Waals surface area contributed by atoms with Gasteiger partial charge in [-0.15, -0.1) is 0 Å². The quantitative estimate of drug-likeness (QED) is 0.900. The van der Waals surface area contributed by atoms with Crippen molar-refractivity contribution in [2.75, 3.05) is 6.61 Å². The van der Waals surface area contributed by atoms with Gasteiger partial charge in [-0.1, -0.05) is 6.07 Å². The number of carbonyl (C=O) groups excluding carboxylic acids is 1. The maximum absolute atomic E-state index is 12.9. The number of amides is 1. The zero-order valence-electron chi connectivity index (χ0n) is 14.8. The average molecular weight is 339 g/mol. The summed E-state index contributed by atoms with van der Waals surface area (Å²) < 4.78 is 2.01. The second kappa shape index (κ2) is 6.30. The number of rotatable bonds is 4. The van der Waals surface area contributed by atoms with Crippen molar-refractivity contribution in [3.63, 3.8) is 0 Å². The van der Waals surface area contributed by atoms with Crippen molar-refractivity contribution < 1.29 is 9.90 Å².